The van der Waals surface area contributed by atoms with Gasteiger partial charge in [0.25, 0.3) is 0 Å². The van der Waals surface area contributed by atoms with Crippen molar-refractivity contribution in [3.05, 3.63) is 35.5 Å². The third-order valence-corrected chi connectivity index (χ3v) is 8.92. The molecule has 0 aromatic carbocycles. The Morgan fingerprint density at radius 1 is 1.21 bits per heavy atom. The molecule has 0 aromatic heterocycles. The highest BCUT2D eigenvalue weighted by Gasteiger charge is 2.51. The van der Waals surface area contributed by atoms with Crippen LogP contribution in [0.3, 0.4) is 0 Å². The Morgan fingerprint density at radius 3 is 2.58 bits per heavy atom. The molecular weight excluding hydrogens is 429 g/mol. The fraction of sp³-hybridized carbons (Fsp3) is 0.778. The Kier molecular flexibility index (Phi) is 7.92. The first kappa shape index (κ1) is 26.5. The van der Waals surface area contributed by atoms with E-state index in [1.807, 2.05) is 6.08 Å². The van der Waals surface area contributed by atoms with Crippen LogP contribution in [0.15, 0.2) is 35.5 Å². The van der Waals surface area contributed by atoms with E-state index in [-0.39, 0.29) is 11.8 Å². The Labute approximate surface area is 196 Å². The summed E-state index contributed by atoms with van der Waals surface area (Å²) in [5, 5.41) is 29.9. The van der Waals surface area contributed by atoms with Gasteiger partial charge in [-0.05, 0) is 92.6 Å². The molecule has 3 fully saturated rings. The average molecular weight is 471 g/mol. The van der Waals surface area contributed by atoms with Gasteiger partial charge in [-0.3, -0.25) is 0 Å². The second-order valence-corrected chi connectivity index (χ2v) is 11.3. The van der Waals surface area contributed by atoms with Crippen LogP contribution in [0.1, 0.15) is 85.0 Å². The smallest absolute Gasteiger partial charge is 0.393 e. The van der Waals surface area contributed by atoms with E-state index in [4.69, 9.17) is 0 Å². The summed E-state index contributed by atoms with van der Waals surface area (Å²) < 4.78 is 38.9. The van der Waals surface area contributed by atoms with E-state index in [1.54, 1.807) is 0 Å². The summed E-state index contributed by atoms with van der Waals surface area (Å²) in [5.74, 6) is 1.23. The Morgan fingerprint density at radius 2 is 1.91 bits per heavy atom. The maximum atomic E-state index is 13.0. The molecule has 3 N–H and O–H groups in total. The lowest BCUT2D eigenvalue weighted by Crippen LogP contribution is -2.42. The molecule has 0 aromatic rings. The van der Waals surface area contributed by atoms with E-state index < -0.39 is 24.0 Å². The quantitative estimate of drug-likeness (QED) is 0.430. The Balaban J connectivity index is 1.67. The van der Waals surface area contributed by atoms with Gasteiger partial charge in [0.05, 0.1) is 12.2 Å². The monoisotopic (exact) mass is 470 g/mol. The molecule has 0 saturated heterocycles. The SMILES string of the molecule is C=C1C(=CC=C2CCC[C@@]3(C)C2CC[C@@H]3[C@H](C)CCC[C@](C)(O)C(F)(F)F)C[C@@H](O)C[C@@H]1O. The van der Waals surface area contributed by atoms with Gasteiger partial charge >= 0.3 is 6.18 Å². The van der Waals surface area contributed by atoms with E-state index >= 15 is 0 Å². The lowest BCUT2D eigenvalue weighted by atomic mass is 9.60. The highest BCUT2D eigenvalue weighted by molar-refractivity contribution is 5.38. The first-order chi connectivity index (χ1) is 15.3. The fourth-order valence-electron chi connectivity index (χ4n) is 6.79. The van der Waals surface area contributed by atoms with Crippen molar-refractivity contribution in [1.82, 2.24) is 0 Å². The first-order valence-corrected chi connectivity index (χ1v) is 12.5. The largest absolute Gasteiger partial charge is 0.416 e. The minimum atomic E-state index is -4.59. The number of halogens is 3. The van der Waals surface area contributed by atoms with Gasteiger partial charge in [0, 0.05) is 6.42 Å². The number of hydrogen-bond acceptors (Lipinski definition) is 3. The van der Waals surface area contributed by atoms with Crippen molar-refractivity contribution in [2.45, 2.75) is 109 Å². The summed E-state index contributed by atoms with van der Waals surface area (Å²) in [6, 6.07) is 0. The van der Waals surface area contributed by atoms with Crippen LogP contribution in [0, 0.1) is 23.2 Å². The zero-order chi connectivity index (χ0) is 24.6. The van der Waals surface area contributed by atoms with Crippen LogP contribution >= 0.6 is 0 Å². The standard InChI is InChI=1S/C27H41F3O3/c1-17(7-5-14-26(4,33)27(28,29)30)22-11-12-23-19(8-6-13-25(22,23)3)9-10-20-15-21(31)16-24(32)18(20)2/h9-10,17,21-24,31-33H,2,5-8,11-16H2,1,3-4H3/t17-,21-,22-,23?,24+,25-,26+/m1/s1. The van der Waals surface area contributed by atoms with Crippen LogP contribution in [0.5, 0.6) is 0 Å². The minimum Gasteiger partial charge on any atom is -0.393 e. The molecule has 7 atom stereocenters. The second kappa shape index (κ2) is 9.87. The zero-order valence-corrected chi connectivity index (χ0v) is 20.3. The molecule has 3 saturated carbocycles. The van der Waals surface area contributed by atoms with Crippen molar-refractivity contribution in [2.75, 3.05) is 0 Å². The highest BCUT2D eigenvalue weighted by Crippen LogP contribution is 2.60. The Hall–Kier alpha value is -1.11. The molecule has 6 heteroatoms. The van der Waals surface area contributed by atoms with E-state index in [2.05, 4.69) is 26.5 Å². The van der Waals surface area contributed by atoms with Crippen molar-refractivity contribution in [1.29, 1.82) is 0 Å². The van der Waals surface area contributed by atoms with Crippen LogP contribution in [0.2, 0.25) is 0 Å². The van der Waals surface area contributed by atoms with E-state index in [0.717, 1.165) is 44.6 Å². The topological polar surface area (TPSA) is 60.7 Å². The lowest BCUT2D eigenvalue weighted by molar-refractivity contribution is -0.255. The second-order valence-electron chi connectivity index (χ2n) is 11.3. The molecule has 0 radical (unpaired) electrons. The molecule has 3 rings (SSSR count). The average Bonchev–Trinajstić information content (AvgIpc) is 3.06. The molecule has 3 aliphatic rings. The Bertz CT molecular complexity index is 782. The van der Waals surface area contributed by atoms with Crippen molar-refractivity contribution in [3.8, 4) is 0 Å². The van der Waals surface area contributed by atoms with Crippen molar-refractivity contribution < 1.29 is 28.5 Å². The van der Waals surface area contributed by atoms with Gasteiger partial charge in [0.1, 0.15) is 0 Å². The van der Waals surface area contributed by atoms with E-state index in [0.29, 0.717) is 49.0 Å². The zero-order valence-electron chi connectivity index (χ0n) is 20.3. The molecule has 188 valence electrons. The molecule has 0 amide bonds. The summed E-state index contributed by atoms with van der Waals surface area (Å²) in [5.41, 5.74) is 0.544. The number of aliphatic hydroxyl groups is 3. The van der Waals surface area contributed by atoms with Crippen LogP contribution in [-0.2, 0) is 0 Å². The molecule has 3 aliphatic carbocycles. The molecule has 0 aliphatic heterocycles. The summed E-state index contributed by atoms with van der Waals surface area (Å²) >= 11 is 0. The van der Waals surface area contributed by atoms with Crippen LogP contribution < -0.4 is 0 Å². The number of rotatable bonds is 6. The minimum absolute atomic E-state index is 0.136. The van der Waals surface area contributed by atoms with Crippen LogP contribution in [0.4, 0.5) is 13.2 Å². The van der Waals surface area contributed by atoms with Gasteiger partial charge in [-0.25, -0.2) is 0 Å². The predicted octanol–water partition coefficient (Wildman–Crippen LogP) is 6.25. The highest BCUT2D eigenvalue weighted by atomic mass is 19.4. The van der Waals surface area contributed by atoms with Crippen LogP contribution in [0.25, 0.3) is 0 Å². The van der Waals surface area contributed by atoms with Gasteiger partial charge in [0.2, 0.25) is 0 Å². The summed E-state index contributed by atoms with van der Waals surface area (Å²) in [4.78, 5) is 0. The maximum absolute atomic E-state index is 13.0. The molecule has 0 spiro atoms. The molecule has 3 nitrogen and oxygen atoms in total. The summed E-state index contributed by atoms with van der Waals surface area (Å²) in [7, 11) is 0. The molecule has 33 heavy (non-hydrogen) atoms. The normalized spacial score (nSPS) is 38.4. The third-order valence-electron chi connectivity index (χ3n) is 8.92. The number of hydrogen-bond donors (Lipinski definition) is 3. The van der Waals surface area contributed by atoms with Crippen molar-refractivity contribution in [3.63, 3.8) is 0 Å². The van der Waals surface area contributed by atoms with Crippen molar-refractivity contribution >= 4 is 0 Å². The van der Waals surface area contributed by atoms with E-state index in [1.165, 1.54) is 5.57 Å². The summed E-state index contributed by atoms with van der Waals surface area (Å²) in [6.45, 7) is 9.39. The van der Waals surface area contributed by atoms with Gasteiger partial charge in [0.15, 0.2) is 5.60 Å². The molecular formula is C27H41F3O3. The van der Waals surface area contributed by atoms with Gasteiger partial charge < -0.3 is 15.3 Å². The van der Waals surface area contributed by atoms with E-state index in [9.17, 15) is 28.5 Å². The van der Waals surface area contributed by atoms with Gasteiger partial charge in [-0.2, -0.15) is 13.2 Å². The van der Waals surface area contributed by atoms with Gasteiger partial charge in [-0.15, -0.1) is 0 Å². The van der Waals surface area contributed by atoms with Gasteiger partial charge in [-0.1, -0.05) is 44.6 Å². The fourth-order valence-corrected chi connectivity index (χ4v) is 6.79. The molecule has 1 unspecified atom stereocenters. The maximum Gasteiger partial charge on any atom is 0.416 e. The first-order valence-electron chi connectivity index (χ1n) is 12.5. The number of fused-ring (bicyclic) bond motifs is 1. The molecule has 0 bridgehead atoms. The third kappa shape index (κ3) is 5.59. The number of aliphatic hydroxyl groups excluding tert-OH is 2. The number of allylic oxidation sites excluding steroid dienone is 3. The number of alkyl halides is 3. The lowest BCUT2D eigenvalue weighted by Gasteiger charge is -2.44. The van der Waals surface area contributed by atoms with Crippen molar-refractivity contribution in [2.24, 2.45) is 23.2 Å². The molecule has 0 heterocycles. The predicted molar refractivity (Wildman–Crippen MR) is 124 cm³/mol. The summed E-state index contributed by atoms with van der Waals surface area (Å²) in [6.07, 6.45) is 5.49. The van der Waals surface area contributed by atoms with Crippen LogP contribution in [-0.4, -0.2) is 39.3 Å².